The maximum Gasteiger partial charge on any atom is 0.328 e. The first-order chi connectivity index (χ1) is 15.3. The third-order valence-corrected chi connectivity index (χ3v) is 5.18. The number of carboxylic acids is 1. The summed E-state index contributed by atoms with van der Waals surface area (Å²) in [6.45, 7) is 5.05. The number of amides is 4. The Labute approximate surface area is 193 Å². The van der Waals surface area contributed by atoms with Crippen LogP contribution in [0.3, 0.4) is 0 Å². The number of aliphatic carboxylic acids is 1. The van der Waals surface area contributed by atoms with Gasteiger partial charge in [0.05, 0.1) is 18.6 Å². The number of carbonyl (C=O) groups excluding carboxylic acids is 4. The first-order valence-electron chi connectivity index (χ1n) is 10.9. The lowest BCUT2D eigenvalue weighted by Gasteiger charge is -2.28. The Morgan fingerprint density at radius 2 is 1.48 bits per heavy atom. The molecule has 0 radical (unpaired) electrons. The molecule has 0 saturated carbocycles. The van der Waals surface area contributed by atoms with E-state index < -0.39 is 72.2 Å². The van der Waals surface area contributed by atoms with E-state index in [1.54, 1.807) is 13.8 Å². The van der Waals surface area contributed by atoms with Crippen molar-refractivity contribution in [2.75, 3.05) is 6.54 Å². The highest BCUT2D eigenvalue weighted by Crippen LogP contribution is 2.10. The smallest absolute Gasteiger partial charge is 0.328 e. The number of primary amides is 1. The lowest BCUT2D eigenvalue weighted by Crippen LogP contribution is -2.60. The first-order valence-corrected chi connectivity index (χ1v) is 10.9. The minimum atomic E-state index is -1.59. The first kappa shape index (κ1) is 30.2. The van der Waals surface area contributed by atoms with E-state index in [0.717, 1.165) is 0 Å². The van der Waals surface area contributed by atoms with Crippen molar-refractivity contribution in [3.05, 3.63) is 0 Å². The second-order valence-corrected chi connectivity index (χ2v) is 8.06. The molecule has 0 aliphatic carbocycles. The van der Waals surface area contributed by atoms with Crippen molar-refractivity contribution in [3.63, 3.8) is 0 Å². The van der Waals surface area contributed by atoms with E-state index >= 15 is 0 Å². The average molecular weight is 475 g/mol. The van der Waals surface area contributed by atoms with E-state index in [-0.39, 0.29) is 0 Å². The van der Waals surface area contributed by atoms with Gasteiger partial charge in [0.25, 0.3) is 0 Å². The fraction of sp³-hybridized carbons (Fsp3) is 0.750. The number of carboxylic acid groups (broad SMARTS) is 1. The van der Waals surface area contributed by atoms with Gasteiger partial charge < -0.3 is 43.4 Å². The molecule has 11 N–H and O–H groups in total. The number of rotatable bonds is 16. The van der Waals surface area contributed by atoms with Crippen molar-refractivity contribution in [2.45, 2.75) is 83.1 Å². The summed E-state index contributed by atoms with van der Waals surface area (Å²) in [7, 11) is 0. The zero-order valence-corrected chi connectivity index (χ0v) is 19.4. The van der Waals surface area contributed by atoms with Crippen LogP contribution in [0.2, 0.25) is 0 Å². The van der Waals surface area contributed by atoms with Gasteiger partial charge in [-0.3, -0.25) is 19.2 Å². The predicted molar refractivity (Wildman–Crippen MR) is 119 cm³/mol. The summed E-state index contributed by atoms with van der Waals surface area (Å²) in [6, 6.07) is -5.11. The van der Waals surface area contributed by atoms with E-state index in [4.69, 9.17) is 17.2 Å². The van der Waals surface area contributed by atoms with E-state index in [2.05, 4.69) is 16.0 Å². The van der Waals surface area contributed by atoms with Crippen molar-refractivity contribution >= 4 is 29.6 Å². The maximum atomic E-state index is 12.8. The summed E-state index contributed by atoms with van der Waals surface area (Å²) in [5, 5.41) is 25.8. The lowest BCUT2D eigenvalue weighted by atomic mass is 9.97. The number of unbranched alkanes of at least 4 members (excludes halogenated alkanes) is 1. The van der Waals surface area contributed by atoms with E-state index in [0.29, 0.717) is 32.2 Å². The van der Waals surface area contributed by atoms with Crippen molar-refractivity contribution in [1.29, 1.82) is 0 Å². The zero-order valence-electron chi connectivity index (χ0n) is 19.4. The molecule has 0 aromatic rings. The molecule has 0 bridgehead atoms. The normalized spacial score (nSPS) is 16.4. The monoisotopic (exact) mass is 474 g/mol. The summed E-state index contributed by atoms with van der Waals surface area (Å²) in [5.41, 5.74) is 16.4. The molecule has 190 valence electrons. The van der Waals surface area contributed by atoms with Crippen LogP contribution >= 0.6 is 0 Å². The highest BCUT2D eigenvalue weighted by Gasteiger charge is 2.34. The molecule has 33 heavy (non-hydrogen) atoms. The molecule has 13 nitrogen and oxygen atoms in total. The van der Waals surface area contributed by atoms with Gasteiger partial charge in [-0.1, -0.05) is 26.7 Å². The van der Waals surface area contributed by atoms with Gasteiger partial charge in [0.15, 0.2) is 6.04 Å². The summed E-state index contributed by atoms with van der Waals surface area (Å²) < 4.78 is 0. The fourth-order valence-electron chi connectivity index (χ4n) is 2.92. The Kier molecular flexibility index (Phi) is 13.9. The highest BCUT2D eigenvalue weighted by atomic mass is 16.4. The topological polar surface area (TPSA) is 240 Å². The maximum absolute atomic E-state index is 12.8. The lowest BCUT2D eigenvalue weighted by molar-refractivity contribution is -0.145. The van der Waals surface area contributed by atoms with Crippen LogP contribution in [0, 0.1) is 5.92 Å². The van der Waals surface area contributed by atoms with Crippen LogP contribution in [0.15, 0.2) is 0 Å². The molecular weight excluding hydrogens is 436 g/mol. The second-order valence-electron chi connectivity index (χ2n) is 8.06. The second kappa shape index (κ2) is 15.1. The predicted octanol–water partition coefficient (Wildman–Crippen LogP) is -2.72. The Morgan fingerprint density at radius 1 is 0.909 bits per heavy atom. The third kappa shape index (κ3) is 11.1. The molecule has 0 fully saturated rings. The molecule has 0 aliphatic rings. The number of aliphatic hydroxyl groups excluding tert-OH is 1. The Morgan fingerprint density at radius 3 is 1.94 bits per heavy atom. The van der Waals surface area contributed by atoms with Gasteiger partial charge in [0.2, 0.25) is 23.6 Å². The van der Waals surface area contributed by atoms with E-state index in [1.807, 2.05) is 0 Å². The highest BCUT2D eigenvalue weighted by molar-refractivity contribution is 5.96. The van der Waals surface area contributed by atoms with E-state index in [9.17, 15) is 34.2 Å². The molecule has 4 amide bonds. The summed E-state index contributed by atoms with van der Waals surface area (Å²) in [5.74, 6) is -5.13. The van der Waals surface area contributed by atoms with Crippen LogP contribution in [0.5, 0.6) is 0 Å². The van der Waals surface area contributed by atoms with Gasteiger partial charge in [-0.15, -0.1) is 0 Å². The molecule has 6 atom stereocenters. The van der Waals surface area contributed by atoms with Gasteiger partial charge >= 0.3 is 5.97 Å². The third-order valence-electron chi connectivity index (χ3n) is 5.18. The van der Waals surface area contributed by atoms with Crippen LogP contribution in [-0.4, -0.2) is 76.6 Å². The van der Waals surface area contributed by atoms with Crippen molar-refractivity contribution in [1.82, 2.24) is 16.0 Å². The molecule has 0 heterocycles. The quantitative estimate of drug-likeness (QED) is 0.108. The molecule has 0 spiro atoms. The van der Waals surface area contributed by atoms with Gasteiger partial charge in [-0.25, -0.2) is 4.79 Å². The van der Waals surface area contributed by atoms with Gasteiger partial charge in [0.1, 0.15) is 12.1 Å². The molecule has 0 rings (SSSR count). The Balaban J connectivity index is 5.48. The average Bonchev–Trinajstić information content (AvgIpc) is 2.73. The number of nitrogens with two attached hydrogens (primary N) is 3. The summed E-state index contributed by atoms with van der Waals surface area (Å²) in [6.07, 6.45) is 0.102. The molecule has 13 heteroatoms. The largest absolute Gasteiger partial charge is 0.480 e. The zero-order chi connectivity index (χ0) is 25.7. The number of nitrogens with one attached hydrogen (secondary N) is 3. The Hall–Kier alpha value is -2.77. The van der Waals surface area contributed by atoms with Crippen LogP contribution in [0.4, 0.5) is 0 Å². The minimum absolute atomic E-state index is 0.321. The van der Waals surface area contributed by atoms with Crippen molar-refractivity contribution in [3.8, 4) is 0 Å². The van der Waals surface area contributed by atoms with Crippen LogP contribution in [0.1, 0.15) is 52.9 Å². The fourth-order valence-corrected chi connectivity index (χ4v) is 2.92. The number of hydrogen-bond acceptors (Lipinski definition) is 8. The van der Waals surface area contributed by atoms with Crippen molar-refractivity contribution < 1.29 is 34.2 Å². The molecular formula is C20H38N6O7. The van der Waals surface area contributed by atoms with Gasteiger partial charge in [-0.2, -0.15) is 0 Å². The molecule has 0 aromatic carbocycles. The minimum Gasteiger partial charge on any atom is -0.480 e. The van der Waals surface area contributed by atoms with Crippen LogP contribution < -0.4 is 33.2 Å². The number of aliphatic hydroxyl groups is 1. The van der Waals surface area contributed by atoms with Gasteiger partial charge in [-0.05, 0) is 32.2 Å². The summed E-state index contributed by atoms with van der Waals surface area (Å²) in [4.78, 5) is 60.7. The van der Waals surface area contributed by atoms with Crippen LogP contribution in [0.25, 0.3) is 0 Å². The SMILES string of the molecule is CCC(C)C(NC(=O)C(CC(N)=O)NC(=O)C(N)CCCCN)C(=O)NC(C(=O)O)C(C)O. The summed E-state index contributed by atoms with van der Waals surface area (Å²) >= 11 is 0. The number of carbonyl (C=O) groups is 5. The molecule has 0 aromatic heterocycles. The van der Waals surface area contributed by atoms with Gasteiger partial charge in [0, 0.05) is 0 Å². The van der Waals surface area contributed by atoms with Crippen molar-refractivity contribution in [2.24, 2.45) is 23.1 Å². The Bertz CT molecular complexity index is 688. The van der Waals surface area contributed by atoms with Crippen LogP contribution in [-0.2, 0) is 24.0 Å². The standard InChI is InChI=1S/C20H38N6O7/c1-4-10(2)15(19(31)26-16(11(3)27)20(32)33)25-18(30)13(9-14(23)28)24-17(29)12(22)7-5-6-8-21/h10-13,15-16,27H,4-9,21-22H2,1-3H3,(H2,23,28)(H,24,29)(H,25,30)(H,26,31)(H,32,33). The number of hydrogen-bond donors (Lipinski definition) is 8. The molecule has 6 unspecified atom stereocenters. The van der Waals surface area contributed by atoms with E-state index in [1.165, 1.54) is 6.92 Å². The molecule has 0 saturated heterocycles. The molecule has 0 aliphatic heterocycles.